The van der Waals surface area contributed by atoms with Crippen molar-refractivity contribution in [2.24, 2.45) is 5.10 Å². The maximum atomic E-state index is 12.7. The highest BCUT2D eigenvalue weighted by Gasteiger charge is 2.22. The van der Waals surface area contributed by atoms with Gasteiger partial charge in [0.1, 0.15) is 0 Å². The average molecular weight is 426 g/mol. The topological polar surface area (TPSA) is 130 Å². The molecule has 0 aliphatic carbocycles. The Hall–Kier alpha value is -3.92. The number of morpholine rings is 1. The second-order valence-corrected chi connectivity index (χ2v) is 6.53. The highest BCUT2D eigenvalue weighted by molar-refractivity contribution is 6.40. The number of benzene rings is 2. The molecule has 2 aromatic rings. The summed E-state index contributed by atoms with van der Waals surface area (Å²) < 4.78 is 10.2. The van der Waals surface area contributed by atoms with E-state index in [0.717, 1.165) is 0 Å². The molecule has 1 aliphatic rings. The molecule has 1 fully saturated rings. The number of hydrogen-bond acceptors (Lipinski definition) is 7. The fourth-order valence-electron chi connectivity index (χ4n) is 2.89. The van der Waals surface area contributed by atoms with E-state index in [-0.39, 0.29) is 28.7 Å². The van der Waals surface area contributed by atoms with Crippen molar-refractivity contribution in [2.75, 3.05) is 38.7 Å². The van der Waals surface area contributed by atoms with E-state index < -0.39 is 11.8 Å². The molecule has 1 saturated heterocycles. The maximum absolute atomic E-state index is 12.7. The fraction of sp³-hybridized carbons (Fsp3) is 0.238. The van der Waals surface area contributed by atoms with Gasteiger partial charge >= 0.3 is 11.8 Å². The normalized spacial score (nSPS) is 13.6. The summed E-state index contributed by atoms with van der Waals surface area (Å²) in [5, 5.41) is 15.8. The van der Waals surface area contributed by atoms with Gasteiger partial charge in [0.15, 0.2) is 11.5 Å². The van der Waals surface area contributed by atoms with Crippen molar-refractivity contribution in [2.45, 2.75) is 0 Å². The van der Waals surface area contributed by atoms with Crippen LogP contribution in [-0.4, -0.2) is 67.4 Å². The minimum absolute atomic E-state index is 0.0339. The van der Waals surface area contributed by atoms with E-state index >= 15 is 0 Å². The number of methoxy groups -OCH3 is 1. The number of phenols is 1. The molecule has 3 N–H and O–H groups in total. The molecule has 0 radical (unpaired) electrons. The maximum Gasteiger partial charge on any atom is 0.329 e. The third-order valence-electron chi connectivity index (χ3n) is 4.49. The number of nitrogens with one attached hydrogen (secondary N) is 2. The number of hydrogen-bond donors (Lipinski definition) is 3. The largest absolute Gasteiger partial charge is 0.504 e. The summed E-state index contributed by atoms with van der Waals surface area (Å²) in [6.45, 7) is 1.82. The van der Waals surface area contributed by atoms with Gasteiger partial charge in [0.05, 0.1) is 37.8 Å². The molecule has 2 aromatic carbocycles. The van der Waals surface area contributed by atoms with E-state index in [4.69, 9.17) is 9.47 Å². The minimum Gasteiger partial charge on any atom is -0.504 e. The number of rotatable bonds is 5. The number of phenolic OH excluding ortho intramolecular Hbond substituents is 1. The molecule has 1 aliphatic heterocycles. The summed E-state index contributed by atoms with van der Waals surface area (Å²) in [5.74, 6) is -2.01. The quantitative estimate of drug-likeness (QED) is 0.371. The molecule has 10 heteroatoms. The van der Waals surface area contributed by atoms with Crippen LogP contribution in [0.25, 0.3) is 0 Å². The summed E-state index contributed by atoms with van der Waals surface area (Å²) in [6, 6.07) is 10.9. The predicted molar refractivity (Wildman–Crippen MR) is 112 cm³/mol. The van der Waals surface area contributed by atoms with Crippen LogP contribution in [0.2, 0.25) is 0 Å². The van der Waals surface area contributed by atoms with E-state index in [1.807, 2.05) is 0 Å². The lowest BCUT2D eigenvalue weighted by atomic mass is 10.1. The van der Waals surface area contributed by atoms with E-state index in [0.29, 0.717) is 31.9 Å². The number of para-hydroxylation sites is 1. The van der Waals surface area contributed by atoms with E-state index in [9.17, 15) is 19.5 Å². The first-order chi connectivity index (χ1) is 15.0. The molecule has 0 atom stereocenters. The molecule has 3 amide bonds. The van der Waals surface area contributed by atoms with Crippen LogP contribution in [0.15, 0.2) is 47.6 Å². The third-order valence-corrected chi connectivity index (χ3v) is 4.49. The highest BCUT2D eigenvalue weighted by Crippen LogP contribution is 2.25. The van der Waals surface area contributed by atoms with E-state index in [2.05, 4.69) is 15.8 Å². The van der Waals surface area contributed by atoms with Crippen LogP contribution >= 0.6 is 0 Å². The van der Waals surface area contributed by atoms with Crippen LogP contribution in [0.5, 0.6) is 11.5 Å². The molecule has 1 heterocycles. The standard InChI is InChI=1S/C21H22N4O6/c1-30-18-12-14(6-7-17(18)26)13-22-24-20(28)19(27)23-16-5-3-2-4-15(16)21(29)25-8-10-31-11-9-25/h2-7,12-13,26H,8-11H2,1H3,(H,23,27)(H,24,28)/b22-13+. The van der Waals surface area contributed by atoms with Gasteiger partial charge in [0.2, 0.25) is 0 Å². The molecule has 0 spiro atoms. The van der Waals surface area contributed by atoms with Crippen molar-refractivity contribution in [3.63, 3.8) is 0 Å². The van der Waals surface area contributed by atoms with Crippen LogP contribution in [0.4, 0.5) is 5.69 Å². The number of carbonyl (C=O) groups is 3. The Morgan fingerprint density at radius 3 is 2.61 bits per heavy atom. The molecule has 0 aromatic heterocycles. The first kappa shape index (κ1) is 21.8. The van der Waals surface area contributed by atoms with Crippen molar-refractivity contribution in [3.8, 4) is 11.5 Å². The SMILES string of the molecule is COc1cc(/C=N/NC(=O)C(=O)Nc2ccccc2C(=O)N2CCOCC2)ccc1O. The van der Waals surface area contributed by atoms with Gasteiger partial charge in [-0.15, -0.1) is 0 Å². The van der Waals surface area contributed by atoms with Crippen LogP contribution in [0.3, 0.4) is 0 Å². The molecule has 3 rings (SSSR count). The summed E-state index contributed by atoms with van der Waals surface area (Å²) in [4.78, 5) is 38.7. The minimum atomic E-state index is -1.00. The lowest BCUT2D eigenvalue weighted by molar-refractivity contribution is -0.136. The Labute approximate surface area is 178 Å². The zero-order chi connectivity index (χ0) is 22.2. The number of nitrogens with zero attached hydrogens (tertiary/aromatic N) is 2. The lowest BCUT2D eigenvalue weighted by Gasteiger charge is -2.27. The first-order valence-corrected chi connectivity index (χ1v) is 9.47. The van der Waals surface area contributed by atoms with E-state index in [1.54, 1.807) is 35.2 Å². The molecular formula is C21H22N4O6. The molecule has 31 heavy (non-hydrogen) atoms. The molecular weight excluding hydrogens is 404 g/mol. The molecule has 10 nitrogen and oxygen atoms in total. The number of ether oxygens (including phenoxy) is 2. The number of amides is 3. The molecule has 162 valence electrons. The second kappa shape index (κ2) is 10.2. The van der Waals surface area contributed by atoms with Gasteiger partial charge in [-0.05, 0) is 35.9 Å². The smallest absolute Gasteiger partial charge is 0.329 e. The van der Waals surface area contributed by atoms with Gasteiger partial charge < -0.3 is 24.8 Å². The van der Waals surface area contributed by atoms with Gasteiger partial charge in [-0.3, -0.25) is 14.4 Å². The summed E-state index contributed by atoms with van der Waals surface area (Å²) in [6.07, 6.45) is 1.29. The number of aromatic hydroxyl groups is 1. The zero-order valence-electron chi connectivity index (χ0n) is 16.8. The number of hydrazone groups is 1. The lowest BCUT2D eigenvalue weighted by Crippen LogP contribution is -2.41. The molecule has 0 saturated carbocycles. The average Bonchev–Trinajstić information content (AvgIpc) is 2.80. The fourth-order valence-corrected chi connectivity index (χ4v) is 2.89. The van der Waals surface area contributed by atoms with Crippen molar-refractivity contribution in [1.29, 1.82) is 0 Å². The van der Waals surface area contributed by atoms with Gasteiger partial charge in [0.25, 0.3) is 5.91 Å². The van der Waals surface area contributed by atoms with Crippen molar-refractivity contribution in [3.05, 3.63) is 53.6 Å². The van der Waals surface area contributed by atoms with Crippen LogP contribution in [0.1, 0.15) is 15.9 Å². The van der Waals surface area contributed by atoms with Crippen molar-refractivity contribution < 1.29 is 29.0 Å². The van der Waals surface area contributed by atoms with Gasteiger partial charge in [-0.1, -0.05) is 12.1 Å². The Balaban J connectivity index is 1.62. The summed E-state index contributed by atoms with van der Waals surface area (Å²) in [7, 11) is 1.41. The number of anilines is 1. The zero-order valence-corrected chi connectivity index (χ0v) is 16.8. The summed E-state index contributed by atoms with van der Waals surface area (Å²) >= 11 is 0. The Morgan fingerprint density at radius 1 is 1.13 bits per heavy atom. The first-order valence-electron chi connectivity index (χ1n) is 9.47. The number of carbonyl (C=O) groups excluding carboxylic acids is 3. The second-order valence-electron chi connectivity index (χ2n) is 6.53. The third kappa shape index (κ3) is 5.58. The van der Waals surface area contributed by atoms with Crippen LogP contribution in [0, 0.1) is 0 Å². The molecule has 0 unspecified atom stereocenters. The highest BCUT2D eigenvalue weighted by atomic mass is 16.5. The predicted octanol–water partition coefficient (Wildman–Crippen LogP) is 0.962. The van der Waals surface area contributed by atoms with E-state index in [1.165, 1.54) is 25.5 Å². The van der Waals surface area contributed by atoms with Gasteiger partial charge in [-0.2, -0.15) is 5.10 Å². The van der Waals surface area contributed by atoms with Crippen molar-refractivity contribution >= 4 is 29.6 Å². The Kier molecular flexibility index (Phi) is 7.17. The van der Waals surface area contributed by atoms with Gasteiger partial charge in [0, 0.05) is 13.1 Å². The molecule has 0 bridgehead atoms. The monoisotopic (exact) mass is 426 g/mol. The Morgan fingerprint density at radius 2 is 1.87 bits per heavy atom. The van der Waals surface area contributed by atoms with Crippen LogP contribution in [-0.2, 0) is 14.3 Å². The van der Waals surface area contributed by atoms with Crippen LogP contribution < -0.4 is 15.5 Å². The van der Waals surface area contributed by atoms with Gasteiger partial charge in [-0.25, -0.2) is 5.43 Å². The van der Waals surface area contributed by atoms with Crippen molar-refractivity contribution in [1.82, 2.24) is 10.3 Å². The summed E-state index contributed by atoms with van der Waals surface area (Å²) in [5.41, 5.74) is 3.17. The Bertz CT molecular complexity index is 1000.